The number of carbonyl (C=O) groups excluding carboxylic acids is 1. The molecule has 0 radical (unpaired) electrons. The molecule has 4 rings (SSSR count). The van der Waals surface area contributed by atoms with E-state index in [2.05, 4.69) is 0 Å². The third kappa shape index (κ3) is 8.26. The molecule has 8 heteroatoms. The van der Waals surface area contributed by atoms with Crippen molar-refractivity contribution in [2.45, 2.75) is 32.4 Å². The topological polar surface area (TPSA) is 59.0 Å². The maximum atomic E-state index is 13.4. The lowest BCUT2D eigenvalue weighted by molar-refractivity contribution is -0.186. The van der Waals surface area contributed by atoms with Crippen LogP contribution in [0, 0.1) is 0 Å². The second-order valence-electron chi connectivity index (χ2n) is 8.97. The van der Waals surface area contributed by atoms with Crippen molar-refractivity contribution in [3.63, 3.8) is 0 Å². The second-order valence-corrected chi connectivity index (χ2v) is 8.97. The molecular weight excluding hydrogens is 507 g/mol. The minimum absolute atomic E-state index is 0.0552. The first kappa shape index (κ1) is 27.6. The number of ether oxygens (including phenoxy) is 2. The van der Waals surface area contributed by atoms with E-state index in [0.717, 1.165) is 16.0 Å². The summed E-state index contributed by atoms with van der Waals surface area (Å²) in [7, 11) is 0. The third-order valence-corrected chi connectivity index (χ3v) is 5.99. The number of rotatable bonds is 11. The highest BCUT2D eigenvalue weighted by Crippen LogP contribution is 2.31. The number of phenolic OH excluding ortho intramolecular Hbond substituents is 1. The molecule has 0 aliphatic carbocycles. The predicted octanol–water partition coefficient (Wildman–Crippen LogP) is 6.68. The van der Waals surface area contributed by atoms with E-state index in [0.29, 0.717) is 22.6 Å². The van der Waals surface area contributed by atoms with Gasteiger partial charge in [0.25, 0.3) is 0 Å². The normalized spacial score (nSPS) is 11.2. The number of halogens is 3. The van der Waals surface area contributed by atoms with Crippen LogP contribution in [0.4, 0.5) is 13.2 Å². The molecular formula is C31H28F3NO4. The Morgan fingerprint density at radius 1 is 0.692 bits per heavy atom. The molecule has 0 spiro atoms. The average Bonchev–Trinajstić information content (AvgIpc) is 2.94. The Labute approximate surface area is 225 Å². The second kappa shape index (κ2) is 12.9. The van der Waals surface area contributed by atoms with Crippen molar-refractivity contribution < 1.29 is 32.5 Å². The fraction of sp³-hybridized carbons (Fsp3) is 0.194. The van der Waals surface area contributed by atoms with Gasteiger partial charge in [-0.25, -0.2) is 0 Å². The van der Waals surface area contributed by atoms with Gasteiger partial charge in [0.05, 0.1) is 0 Å². The highest BCUT2D eigenvalue weighted by Gasteiger charge is 2.42. The van der Waals surface area contributed by atoms with Crippen LogP contribution in [0.25, 0.3) is 0 Å². The summed E-state index contributed by atoms with van der Waals surface area (Å²) in [5, 5.41) is 9.46. The lowest BCUT2D eigenvalue weighted by Gasteiger charge is -2.24. The molecule has 0 heterocycles. The van der Waals surface area contributed by atoms with Crippen LogP contribution < -0.4 is 9.47 Å². The number of alkyl halides is 3. The molecule has 4 aromatic rings. The Bertz CT molecular complexity index is 1340. The van der Waals surface area contributed by atoms with Gasteiger partial charge in [0.15, 0.2) is 11.5 Å². The van der Waals surface area contributed by atoms with Gasteiger partial charge in [-0.1, -0.05) is 78.9 Å². The van der Waals surface area contributed by atoms with Gasteiger partial charge < -0.3 is 19.5 Å². The van der Waals surface area contributed by atoms with E-state index >= 15 is 0 Å². The van der Waals surface area contributed by atoms with Gasteiger partial charge >= 0.3 is 12.1 Å². The molecule has 0 saturated carbocycles. The molecule has 0 bridgehead atoms. The predicted molar refractivity (Wildman–Crippen MR) is 141 cm³/mol. The van der Waals surface area contributed by atoms with Crippen molar-refractivity contribution in [2.75, 3.05) is 6.54 Å². The number of amides is 1. The maximum absolute atomic E-state index is 13.4. The Hall–Kier alpha value is -4.46. The van der Waals surface area contributed by atoms with Gasteiger partial charge in [0.1, 0.15) is 19.0 Å². The van der Waals surface area contributed by atoms with E-state index < -0.39 is 12.1 Å². The molecule has 4 aromatic carbocycles. The summed E-state index contributed by atoms with van der Waals surface area (Å²) < 4.78 is 52.3. The van der Waals surface area contributed by atoms with Crippen molar-refractivity contribution in [2.24, 2.45) is 0 Å². The fourth-order valence-electron chi connectivity index (χ4n) is 3.93. The lowest BCUT2D eigenvalue weighted by atomic mass is 10.1. The standard InChI is InChI=1S/C31H28F3NO4/c32-31(33,34)30(37)35(18-17-23-11-14-27(36)15-12-23)20-26-13-16-28(38-21-24-7-3-1-4-8-24)29(19-26)39-22-25-9-5-2-6-10-25/h1-16,19,36H,17-18,20-22H2. The average molecular weight is 536 g/mol. The number of benzene rings is 4. The molecule has 0 aromatic heterocycles. The summed E-state index contributed by atoms with van der Waals surface area (Å²) in [4.78, 5) is 13.0. The van der Waals surface area contributed by atoms with Crippen molar-refractivity contribution >= 4 is 5.91 Å². The zero-order chi connectivity index (χ0) is 27.7. The monoisotopic (exact) mass is 535 g/mol. The smallest absolute Gasteiger partial charge is 0.471 e. The molecule has 39 heavy (non-hydrogen) atoms. The number of hydrogen-bond acceptors (Lipinski definition) is 4. The van der Waals surface area contributed by atoms with Crippen molar-refractivity contribution in [1.29, 1.82) is 0 Å². The molecule has 5 nitrogen and oxygen atoms in total. The van der Waals surface area contributed by atoms with E-state index in [1.807, 2.05) is 60.7 Å². The number of phenols is 1. The first-order chi connectivity index (χ1) is 18.8. The molecule has 0 saturated heterocycles. The summed E-state index contributed by atoms with van der Waals surface area (Å²) in [6.45, 7) is 0.0951. The first-order valence-electron chi connectivity index (χ1n) is 12.4. The Kier molecular flexibility index (Phi) is 9.10. The van der Waals surface area contributed by atoms with E-state index in [4.69, 9.17) is 9.47 Å². The van der Waals surface area contributed by atoms with Crippen LogP contribution in [0.2, 0.25) is 0 Å². The minimum atomic E-state index is -5.01. The minimum Gasteiger partial charge on any atom is -0.508 e. The molecule has 202 valence electrons. The lowest BCUT2D eigenvalue weighted by Crippen LogP contribution is -2.41. The molecule has 0 aliphatic heterocycles. The number of hydrogen-bond donors (Lipinski definition) is 1. The van der Waals surface area contributed by atoms with Gasteiger partial charge in [-0.3, -0.25) is 4.79 Å². The van der Waals surface area contributed by atoms with Crippen molar-refractivity contribution in [3.05, 3.63) is 125 Å². The van der Waals surface area contributed by atoms with E-state index in [-0.39, 0.29) is 38.5 Å². The highest BCUT2D eigenvalue weighted by molar-refractivity contribution is 5.81. The fourth-order valence-corrected chi connectivity index (χ4v) is 3.93. The summed E-state index contributed by atoms with van der Waals surface area (Å²) in [5.74, 6) is -1.06. The summed E-state index contributed by atoms with van der Waals surface area (Å²) in [5.41, 5.74) is 3.03. The van der Waals surface area contributed by atoms with Crippen LogP contribution in [-0.2, 0) is 31.0 Å². The van der Waals surface area contributed by atoms with Gasteiger partial charge in [-0.15, -0.1) is 0 Å². The van der Waals surface area contributed by atoms with Crippen LogP contribution in [-0.4, -0.2) is 28.6 Å². The van der Waals surface area contributed by atoms with Gasteiger partial charge in [0, 0.05) is 13.1 Å². The van der Waals surface area contributed by atoms with Crippen LogP contribution in [0.3, 0.4) is 0 Å². The zero-order valence-electron chi connectivity index (χ0n) is 21.1. The van der Waals surface area contributed by atoms with Crippen LogP contribution in [0.5, 0.6) is 17.2 Å². The molecule has 1 N–H and O–H groups in total. The molecule has 0 unspecified atom stereocenters. The van der Waals surface area contributed by atoms with Crippen molar-refractivity contribution in [3.8, 4) is 17.2 Å². The van der Waals surface area contributed by atoms with Crippen molar-refractivity contribution in [1.82, 2.24) is 4.90 Å². The first-order valence-corrected chi connectivity index (χ1v) is 12.4. The van der Waals surface area contributed by atoms with Gasteiger partial charge in [-0.2, -0.15) is 13.2 Å². The number of carbonyl (C=O) groups is 1. The van der Waals surface area contributed by atoms with Gasteiger partial charge in [-0.05, 0) is 52.9 Å². The maximum Gasteiger partial charge on any atom is 0.471 e. The number of nitrogens with zero attached hydrogens (tertiary/aromatic N) is 1. The largest absolute Gasteiger partial charge is 0.508 e. The van der Waals surface area contributed by atoms with Crippen LogP contribution in [0.15, 0.2) is 103 Å². The molecule has 1 amide bonds. The molecule has 0 atom stereocenters. The van der Waals surface area contributed by atoms with E-state index in [9.17, 15) is 23.1 Å². The van der Waals surface area contributed by atoms with Crippen LogP contribution >= 0.6 is 0 Å². The van der Waals surface area contributed by atoms with Gasteiger partial charge in [0.2, 0.25) is 0 Å². The Balaban J connectivity index is 1.54. The van der Waals surface area contributed by atoms with E-state index in [1.54, 1.807) is 30.3 Å². The number of aromatic hydroxyl groups is 1. The Morgan fingerprint density at radius 2 is 1.23 bits per heavy atom. The summed E-state index contributed by atoms with van der Waals surface area (Å²) in [6, 6.07) is 30.0. The summed E-state index contributed by atoms with van der Waals surface area (Å²) >= 11 is 0. The van der Waals surface area contributed by atoms with Crippen LogP contribution in [0.1, 0.15) is 22.3 Å². The zero-order valence-corrected chi connectivity index (χ0v) is 21.1. The third-order valence-electron chi connectivity index (χ3n) is 5.99. The quantitative estimate of drug-likeness (QED) is 0.233. The highest BCUT2D eigenvalue weighted by atomic mass is 19.4. The molecule has 0 aliphatic rings. The van der Waals surface area contributed by atoms with E-state index in [1.165, 1.54) is 12.1 Å². The summed E-state index contributed by atoms with van der Waals surface area (Å²) in [6.07, 6.45) is -4.82. The molecule has 0 fully saturated rings. The Morgan fingerprint density at radius 3 is 1.79 bits per heavy atom. The SMILES string of the molecule is O=C(N(CCc1ccc(O)cc1)Cc1ccc(OCc2ccccc2)c(OCc2ccccc2)c1)C(F)(F)F.